The molecule has 0 saturated heterocycles. The second kappa shape index (κ2) is 9.41. The van der Waals surface area contributed by atoms with Crippen LogP contribution in [-0.4, -0.2) is 35.9 Å². The van der Waals surface area contributed by atoms with Crippen LogP contribution in [0.5, 0.6) is 0 Å². The molecule has 0 aliphatic carbocycles. The van der Waals surface area contributed by atoms with Gasteiger partial charge in [0, 0.05) is 20.1 Å². The summed E-state index contributed by atoms with van der Waals surface area (Å²) in [4.78, 5) is 39.4. The highest BCUT2D eigenvalue weighted by Gasteiger charge is 2.51. The van der Waals surface area contributed by atoms with Crippen molar-refractivity contribution in [3.63, 3.8) is 0 Å². The van der Waals surface area contributed by atoms with Gasteiger partial charge in [0.1, 0.15) is 6.54 Å². The Labute approximate surface area is 191 Å². The number of anilines is 1. The molecule has 0 spiro atoms. The molecule has 158 valence electrons. The molecule has 2 aromatic rings. The predicted molar refractivity (Wildman–Crippen MR) is 119 cm³/mol. The number of esters is 1. The summed E-state index contributed by atoms with van der Waals surface area (Å²) < 4.78 is 6.63. The standard InChI is InChI=1S/C22H21Br2NO5/c1-2-3-10-30-20(27)13-25-18-9-8-16(24)11-17(18)22(29,21(25)28)12-19(26)14-4-6-15(23)7-5-14/h4-9,11,29H,2-3,10,12-13H2,1H3. The first kappa shape index (κ1) is 22.7. The molecule has 1 amide bonds. The van der Waals surface area contributed by atoms with Crippen LogP contribution in [0.3, 0.4) is 0 Å². The predicted octanol–water partition coefficient (Wildman–Crippen LogP) is 4.36. The molecule has 1 unspecified atom stereocenters. The van der Waals surface area contributed by atoms with Crippen molar-refractivity contribution < 1.29 is 24.2 Å². The largest absolute Gasteiger partial charge is 0.464 e. The number of halogens is 2. The number of fused-ring (bicyclic) bond motifs is 1. The molecule has 0 saturated carbocycles. The van der Waals surface area contributed by atoms with Crippen LogP contribution in [0.2, 0.25) is 0 Å². The van der Waals surface area contributed by atoms with Gasteiger partial charge in [0.05, 0.1) is 18.7 Å². The maximum Gasteiger partial charge on any atom is 0.326 e. The zero-order valence-electron chi connectivity index (χ0n) is 16.4. The van der Waals surface area contributed by atoms with Crippen LogP contribution in [0, 0.1) is 0 Å². The summed E-state index contributed by atoms with van der Waals surface area (Å²) in [6.07, 6.45) is 1.18. The second-order valence-electron chi connectivity index (χ2n) is 7.09. The Morgan fingerprint density at radius 2 is 1.77 bits per heavy atom. The van der Waals surface area contributed by atoms with E-state index in [9.17, 15) is 19.5 Å². The number of carbonyl (C=O) groups excluding carboxylic acids is 3. The van der Waals surface area contributed by atoms with Gasteiger partial charge in [-0.3, -0.25) is 19.3 Å². The quantitative estimate of drug-likeness (QED) is 0.306. The SMILES string of the molecule is CCCCOC(=O)CN1C(=O)C(O)(CC(=O)c2ccc(Br)cc2)c2cc(Br)ccc21. The third-order valence-corrected chi connectivity index (χ3v) is 5.95. The zero-order valence-corrected chi connectivity index (χ0v) is 19.5. The first-order valence-corrected chi connectivity index (χ1v) is 11.1. The van der Waals surface area contributed by atoms with E-state index in [0.717, 1.165) is 17.3 Å². The number of nitrogens with zero attached hydrogens (tertiary/aromatic N) is 1. The van der Waals surface area contributed by atoms with Gasteiger partial charge in [-0.25, -0.2) is 0 Å². The van der Waals surface area contributed by atoms with Gasteiger partial charge in [-0.1, -0.05) is 57.3 Å². The van der Waals surface area contributed by atoms with E-state index in [1.54, 1.807) is 42.5 Å². The topological polar surface area (TPSA) is 83.9 Å². The van der Waals surface area contributed by atoms with E-state index in [1.165, 1.54) is 4.90 Å². The Hall–Kier alpha value is -2.03. The van der Waals surface area contributed by atoms with Crippen molar-refractivity contribution in [1.82, 2.24) is 0 Å². The molecule has 0 aromatic heterocycles. The first-order valence-electron chi connectivity index (χ1n) is 9.55. The molecule has 3 rings (SSSR count). The molecule has 1 N–H and O–H groups in total. The molecular weight excluding hydrogens is 518 g/mol. The van der Waals surface area contributed by atoms with E-state index in [1.807, 2.05) is 6.92 Å². The van der Waals surface area contributed by atoms with Crippen LogP contribution in [-0.2, 0) is 19.9 Å². The van der Waals surface area contributed by atoms with Crippen LogP contribution in [0.1, 0.15) is 42.1 Å². The molecule has 1 heterocycles. The van der Waals surface area contributed by atoms with Crippen molar-refractivity contribution >= 4 is 55.2 Å². The van der Waals surface area contributed by atoms with Crippen molar-refractivity contribution in [2.75, 3.05) is 18.1 Å². The smallest absolute Gasteiger partial charge is 0.326 e. The van der Waals surface area contributed by atoms with E-state index in [-0.39, 0.29) is 24.5 Å². The molecule has 6 nitrogen and oxygen atoms in total. The van der Waals surface area contributed by atoms with E-state index >= 15 is 0 Å². The average molecular weight is 539 g/mol. The van der Waals surface area contributed by atoms with Crippen molar-refractivity contribution in [3.8, 4) is 0 Å². The minimum Gasteiger partial charge on any atom is -0.464 e. The summed E-state index contributed by atoms with van der Waals surface area (Å²) in [6.45, 7) is 1.93. The first-order chi connectivity index (χ1) is 14.3. The van der Waals surface area contributed by atoms with Crippen molar-refractivity contribution in [2.24, 2.45) is 0 Å². The highest BCUT2D eigenvalue weighted by Crippen LogP contribution is 2.44. The fraction of sp³-hybridized carbons (Fsp3) is 0.318. The lowest BCUT2D eigenvalue weighted by Gasteiger charge is -2.22. The number of aliphatic hydroxyl groups is 1. The summed E-state index contributed by atoms with van der Waals surface area (Å²) in [5, 5.41) is 11.3. The highest BCUT2D eigenvalue weighted by atomic mass is 79.9. The van der Waals surface area contributed by atoms with Gasteiger partial charge >= 0.3 is 5.97 Å². The lowest BCUT2D eigenvalue weighted by Crippen LogP contribution is -2.44. The number of unbranched alkanes of at least 4 members (excludes halogenated alkanes) is 1. The average Bonchev–Trinajstić information content (AvgIpc) is 2.90. The van der Waals surface area contributed by atoms with Crippen molar-refractivity contribution in [2.45, 2.75) is 31.8 Å². The molecule has 0 radical (unpaired) electrons. The van der Waals surface area contributed by atoms with Gasteiger partial charge in [0.15, 0.2) is 11.4 Å². The van der Waals surface area contributed by atoms with Gasteiger partial charge in [-0.15, -0.1) is 0 Å². The van der Waals surface area contributed by atoms with Crippen LogP contribution in [0.4, 0.5) is 5.69 Å². The maximum absolute atomic E-state index is 13.2. The Bertz CT molecular complexity index is 976. The zero-order chi connectivity index (χ0) is 21.9. The number of hydrogen-bond donors (Lipinski definition) is 1. The van der Waals surface area contributed by atoms with Gasteiger partial charge < -0.3 is 9.84 Å². The van der Waals surface area contributed by atoms with Crippen LogP contribution < -0.4 is 4.90 Å². The third kappa shape index (κ3) is 4.66. The van der Waals surface area contributed by atoms with Crippen LogP contribution in [0.15, 0.2) is 51.4 Å². The fourth-order valence-electron chi connectivity index (χ4n) is 3.33. The van der Waals surface area contributed by atoms with Gasteiger partial charge in [0.2, 0.25) is 0 Å². The molecule has 1 aliphatic heterocycles. The monoisotopic (exact) mass is 537 g/mol. The number of rotatable bonds is 8. The van der Waals surface area contributed by atoms with Gasteiger partial charge in [-0.2, -0.15) is 0 Å². The summed E-state index contributed by atoms with van der Waals surface area (Å²) in [6, 6.07) is 11.6. The number of ketones is 1. The highest BCUT2D eigenvalue weighted by molar-refractivity contribution is 9.10. The van der Waals surface area contributed by atoms with Gasteiger partial charge in [-0.05, 0) is 36.8 Å². The van der Waals surface area contributed by atoms with E-state index in [4.69, 9.17) is 4.74 Å². The summed E-state index contributed by atoms with van der Waals surface area (Å²) in [7, 11) is 0. The number of Topliss-reactive ketones (excluding diaryl/α,β-unsaturated/α-hetero) is 1. The lowest BCUT2D eigenvalue weighted by atomic mass is 9.88. The maximum atomic E-state index is 13.2. The Balaban J connectivity index is 1.88. The van der Waals surface area contributed by atoms with E-state index < -0.39 is 23.9 Å². The number of benzene rings is 2. The number of ether oxygens (including phenoxy) is 1. The van der Waals surface area contributed by atoms with E-state index in [0.29, 0.717) is 15.7 Å². The molecule has 1 atom stereocenters. The Morgan fingerprint density at radius 1 is 1.10 bits per heavy atom. The minimum absolute atomic E-state index is 0.275. The number of amides is 1. The fourth-order valence-corrected chi connectivity index (χ4v) is 3.95. The molecule has 8 heteroatoms. The van der Waals surface area contributed by atoms with E-state index in [2.05, 4.69) is 31.9 Å². The Morgan fingerprint density at radius 3 is 2.43 bits per heavy atom. The summed E-state index contributed by atoms with van der Waals surface area (Å²) >= 11 is 6.66. The normalized spacial score (nSPS) is 17.7. The Kier molecular flexibility index (Phi) is 7.10. The van der Waals surface area contributed by atoms with Crippen molar-refractivity contribution in [3.05, 3.63) is 62.5 Å². The summed E-state index contributed by atoms with van der Waals surface area (Å²) in [5.74, 6) is -1.65. The molecule has 1 aliphatic rings. The molecule has 30 heavy (non-hydrogen) atoms. The number of hydrogen-bond acceptors (Lipinski definition) is 5. The van der Waals surface area contributed by atoms with Crippen LogP contribution in [0.25, 0.3) is 0 Å². The molecule has 2 aromatic carbocycles. The van der Waals surface area contributed by atoms with Gasteiger partial charge in [0.25, 0.3) is 5.91 Å². The summed E-state index contributed by atoms with van der Waals surface area (Å²) in [5.41, 5.74) is -1.00. The number of carbonyl (C=O) groups is 3. The molecule has 0 bridgehead atoms. The third-order valence-electron chi connectivity index (χ3n) is 4.92. The molecule has 0 fully saturated rings. The van der Waals surface area contributed by atoms with Crippen LogP contribution >= 0.6 is 31.9 Å². The lowest BCUT2D eigenvalue weighted by molar-refractivity contribution is -0.144. The minimum atomic E-state index is -2.06. The molecular formula is C22H21Br2NO5. The second-order valence-corrected chi connectivity index (χ2v) is 8.93. The van der Waals surface area contributed by atoms with Crippen molar-refractivity contribution in [1.29, 1.82) is 0 Å².